The Bertz CT molecular complexity index is 609. The maximum absolute atomic E-state index is 12.4. The summed E-state index contributed by atoms with van der Waals surface area (Å²) in [6.45, 7) is 7.79. The van der Waals surface area contributed by atoms with E-state index in [2.05, 4.69) is 15.2 Å². The summed E-state index contributed by atoms with van der Waals surface area (Å²) in [5.74, 6) is 0.737. The highest BCUT2D eigenvalue weighted by atomic mass is 16.1. The van der Waals surface area contributed by atoms with E-state index in [1.807, 2.05) is 34.7 Å². The van der Waals surface area contributed by atoms with E-state index in [1.54, 1.807) is 9.36 Å². The molecule has 0 saturated carbocycles. The monoisotopic (exact) mass is 261 g/mol. The van der Waals surface area contributed by atoms with Gasteiger partial charge in [-0.3, -0.25) is 9.48 Å². The fourth-order valence-electron chi connectivity index (χ4n) is 2.24. The molecule has 2 heterocycles. The van der Waals surface area contributed by atoms with Crippen LogP contribution in [0.25, 0.3) is 0 Å². The van der Waals surface area contributed by atoms with Gasteiger partial charge < -0.3 is 0 Å². The summed E-state index contributed by atoms with van der Waals surface area (Å²) in [7, 11) is 1.84. The largest absolute Gasteiger partial charge is 0.294 e. The summed E-state index contributed by atoms with van der Waals surface area (Å²) in [6, 6.07) is 0.196. The van der Waals surface area contributed by atoms with Crippen LogP contribution in [0, 0.1) is 13.8 Å². The molecule has 0 saturated heterocycles. The second kappa shape index (κ2) is 4.95. The summed E-state index contributed by atoms with van der Waals surface area (Å²) in [5.41, 5.74) is 2.35. The molecule has 0 radical (unpaired) electrons. The van der Waals surface area contributed by atoms with Crippen molar-refractivity contribution in [2.75, 3.05) is 0 Å². The molecule has 0 N–H and O–H groups in total. The van der Waals surface area contributed by atoms with Gasteiger partial charge in [-0.25, -0.2) is 9.67 Å². The van der Waals surface area contributed by atoms with Gasteiger partial charge in [0.25, 0.3) is 0 Å². The van der Waals surface area contributed by atoms with Crippen molar-refractivity contribution in [1.82, 2.24) is 24.5 Å². The Hall–Kier alpha value is -1.98. The molecule has 0 aliphatic carbocycles. The third-order valence-electron chi connectivity index (χ3n) is 3.24. The van der Waals surface area contributed by atoms with Crippen LogP contribution in [0.15, 0.2) is 6.33 Å². The lowest BCUT2D eigenvalue weighted by Crippen LogP contribution is -2.14. The van der Waals surface area contributed by atoms with E-state index in [9.17, 15) is 4.79 Å². The van der Waals surface area contributed by atoms with Gasteiger partial charge in [-0.2, -0.15) is 10.2 Å². The minimum absolute atomic E-state index is 0.0398. The second-order valence-electron chi connectivity index (χ2n) is 4.98. The number of ketones is 1. The molecule has 19 heavy (non-hydrogen) atoms. The summed E-state index contributed by atoms with van der Waals surface area (Å²) >= 11 is 0. The van der Waals surface area contributed by atoms with Gasteiger partial charge in [-0.05, 0) is 27.7 Å². The Morgan fingerprint density at radius 1 is 1.37 bits per heavy atom. The quantitative estimate of drug-likeness (QED) is 0.785. The van der Waals surface area contributed by atoms with E-state index in [4.69, 9.17) is 0 Å². The van der Waals surface area contributed by atoms with Crippen molar-refractivity contribution in [1.29, 1.82) is 0 Å². The highest BCUT2D eigenvalue weighted by Gasteiger charge is 2.20. The average Bonchev–Trinajstić information content (AvgIpc) is 2.85. The molecule has 6 nitrogen and oxygen atoms in total. The van der Waals surface area contributed by atoms with Gasteiger partial charge in [0.05, 0.1) is 17.7 Å². The number of rotatable bonds is 4. The number of carbonyl (C=O) groups excluding carboxylic acids is 1. The van der Waals surface area contributed by atoms with E-state index >= 15 is 0 Å². The predicted octanol–water partition coefficient (Wildman–Crippen LogP) is 1.63. The molecular formula is C13H19N5O. The predicted molar refractivity (Wildman–Crippen MR) is 71.1 cm³/mol. The van der Waals surface area contributed by atoms with Gasteiger partial charge in [0.1, 0.15) is 12.2 Å². The minimum Gasteiger partial charge on any atom is -0.294 e. The van der Waals surface area contributed by atoms with E-state index in [0.717, 1.165) is 11.4 Å². The standard InChI is InChI=1S/C13H19N5O/c1-8(2)18-12(14-7-15-18)6-11(19)13-9(3)16-17(5)10(13)4/h7-8H,6H2,1-5H3. The maximum atomic E-state index is 12.4. The maximum Gasteiger partial charge on any atom is 0.174 e. The highest BCUT2D eigenvalue weighted by molar-refractivity contribution is 5.99. The normalized spacial score (nSPS) is 11.3. The van der Waals surface area contributed by atoms with Crippen LogP contribution in [0.5, 0.6) is 0 Å². The Balaban J connectivity index is 2.29. The fraction of sp³-hybridized carbons (Fsp3) is 0.538. The first-order valence-electron chi connectivity index (χ1n) is 6.33. The van der Waals surface area contributed by atoms with Crippen LogP contribution in [0.3, 0.4) is 0 Å². The average molecular weight is 261 g/mol. The Morgan fingerprint density at radius 3 is 2.58 bits per heavy atom. The van der Waals surface area contributed by atoms with Crippen molar-refractivity contribution in [2.24, 2.45) is 7.05 Å². The van der Waals surface area contributed by atoms with Crippen LogP contribution in [0.2, 0.25) is 0 Å². The molecule has 0 spiro atoms. The van der Waals surface area contributed by atoms with Crippen LogP contribution in [0.4, 0.5) is 0 Å². The fourth-order valence-corrected chi connectivity index (χ4v) is 2.24. The first-order chi connectivity index (χ1) is 8.91. The number of aryl methyl sites for hydroxylation is 2. The molecule has 0 fully saturated rings. The van der Waals surface area contributed by atoms with Crippen molar-refractivity contribution >= 4 is 5.78 Å². The molecule has 0 bridgehead atoms. The van der Waals surface area contributed by atoms with Crippen molar-refractivity contribution in [2.45, 2.75) is 40.2 Å². The third-order valence-corrected chi connectivity index (χ3v) is 3.24. The number of aromatic nitrogens is 5. The lowest BCUT2D eigenvalue weighted by molar-refractivity contribution is 0.0988. The summed E-state index contributed by atoms with van der Waals surface area (Å²) < 4.78 is 3.51. The third kappa shape index (κ3) is 2.43. The number of carbonyl (C=O) groups is 1. The van der Waals surface area contributed by atoms with E-state index < -0.39 is 0 Å². The van der Waals surface area contributed by atoms with Crippen molar-refractivity contribution < 1.29 is 4.79 Å². The molecule has 6 heteroatoms. The van der Waals surface area contributed by atoms with Crippen LogP contribution >= 0.6 is 0 Å². The van der Waals surface area contributed by atoms with Crippen molar-refractivity contribution in [3.8, 4) is 0 Å². The molecule has 0 amide bonds. The topological polar surface area (TPSA) is 65.6 Å². The lowest BCUT2D eigenvalue weighted by atomic mass is 10.1. The van der Waals surface area contributed by atoms with Crippen LogP contribution in [0.1, 0.15) is 47.5 Å². The summed E-state index contributed by atoms with van der Waals surface area (Å²) in [4.78, 5) is 16.6. The van der Waals surface area contributed by atoms with Crippen molar-refractivity contribution in [3.05, 3.63) is 29.1 Å². The highest BCUT2D eigenvalue weighted by Crippen LogP contribution is 2.15. The molecule has 2 rings (SSSR count). The van der Waals surface area contributed by atoms with Crippen molar-refractivity contribution in [3.63, 3.8) is 0 Å². The van der Waals surface area contributed by atoms with Gasteiger partial charge in [-0.15, -0.1) is 0 Å². The number of hydrogen-bond donors (Lipinski definition) is 0. The Labute approximate surface area is 112 Å². The second-order valence-corrected chi connectivity index (χ2v) is 4.98. The SMILES string of the molecule is Cc1nn(C)c(C)c1C(=O)Cc1ncnn1C(C)C. The smallest absolute Gasteiger partial charge is 0.174 e. The molecule has 2 aromatic heterocycles. The molecule has 0 aromatic carbocycles. The summed E-state index contributed by atoms with van der Waals surface area (Å²) in [6.07, 6.45) is 1.75. The minimum atomic E-state index is 0.0398. The molecule has 2 aromatic rings. The van der Waals surface area contributed by atoms with Gasteiger partial charge in [0, 0.05) is 18.8 Å². The van der Waals surface area contributed by atoms with Crippen LogP contribution in [-0.4, -0.2) is 30.3 Å². The molecule has 0 unspecified atom stereocenters. The molecule has 102 valence electrons. The van der Waals surface area contributed by atoms with Gasteiger partial charge in [0.15, 0.2) is 5.78 Å². The molecule has 0 atom stereocenters. The van der Waals surface area contributed by atoms with Crippen LogP contribution < -0.4 is 0 Å². The van der Waals surface area contributed by atoms with E-state index in [1.165, 1.54) is 6.33 Å². The van der Waals surface area contributed by atoms with Crippen LogP contribution in [-0.2, 0) is 13.5 Å². The zero-order chi connectivity index (χ0) is 14.2. The number of nitrogens with zero attached hydrogens (tertiary/aromatic N) is 5. The van der Waals surface area contributed by atoms with Gasteiger partial charge >= 0.3 is 0 Å². The van der Waals surface area contributed by atoms with E-state index in [-0.39, 0.29) is 18.2 Å². The lowest BCUT2D eigenvalue weighted by Gasteiger charge is -2.08. The Kier molecular flexibility index (Phi) is 3.50. The molecule has 0 aliphatic heterocycles. The first kappa shape index (κ1) is 13.5. The number of hydrogen-bond acceptors (Lipinski definition) is 4. The first-order valence-corrected chi connectivity index (χ1v) is 6.33. The molecular weight excluding hydrogens is 242 g/mol. The number of Topliss-reactive ketones (excluding diaryl/α,β-unsaturated/α-hetero) is 1. The molecule has 0 aliphatic rings. The van der Waals surface area contributed by atoms with Gasteiger partial charge in [0.2, 0.25) is 0 Å². The summed E-state index contributed by atoms with van der Waals surface area (Å²) in [5, 5.41) is 8.42. The Morgan fingerprint density at radius 2 is 2.05 bits per heavy atom. The zero-order valence-electron chi connectivity index (χ0n) is 12.0. The van der Waals surface area contributed by atoms with E-state index in [0.29, 0.717) is 11.4 Å². The van der Waals surface area contributed by atoms with Gasteiger partial charge in [-0.1, -0.05) is 0 Å². The zero-order valence-corrected chi connectivity index (χ0v) is 12.0.